The zero-order valence-corrected chi connectivity index (χ0v) is 10.6. The average Bonchev–Trinajstić information content (AvgIpc) is 2.80. The first kappa shape index (κ1) is 12.9. The number of anilines is 1. The maximum atomic E-state index is 5.30. The van der Waals surface area contributed by atoms with Gasteiger partial charge in [-0.1, -0.05) is 13.8 Å². The molecule has 2 heterocycles. The maximum absolute atomic E-state index is 5.30. The number of aryl methyl sites for hydroxylation is 1. The lowest BCUT2D eigenvalue weighted by molar-refractivity contribution is 0.121. The van der Waals surface area contributed by atoms with E-state index in [1.165, 1.54) is 0 Å². The lowest BCUT2D eigenvalue weighted by Gasteiger charge is -2.16. The standard InChI is InChI=1S/C10H15N3O.C2H6/c1-8-5-11-6-10(12-8)13-4-3-9(7-13)14-2;1-2/h5-6,9H,3-4,7H2,1-2H3;1-2H3. The summed E-state index contributed by atoms with van der Waals surface area (Å²) in [5.74, 6) is 0.963. The minimum atomic E-state index is 0.345. The Kier molecular flexibility index (Phi) is 5.19. The van der Waals surface area contributed by atoms with Crippen LogP contribution in [0.4, 0.5) is 5.82 Å². The van der Waals surface area contributed by atoms with Gasteiger partial charge in [0, 0.05) is 26.4 Å². The minimum absolute atomic E-state index is 0.345. The first-order valence-electron chi connectivity index (χ1n) is 5.86. The Morgan fingerprint density at radius 2 is 2.12 bits per heavy atom. The highest BCUT2D eigenvalue weighted by Gasteiger charge is 2.22. The molecule has 0 aromatic carbocycles. The average molecular weight is 223 g/mol. The zero-order valence-electron chi connectivity index (χ0n) is 10.6. The largest absolute Gasteiger partial charge is 0.380 e. The van der Waals surface area contributed by atoms with Gasteiger partial charge in [-0.15, -0.1) is 0 Å². The molecule has 1 atom stereocenters. The molecule has 0 N–H and O–H groups in total. The molecule has 90 valence electrons. The van der Waals surface area contributed by atoms with Crippen molar-refractivity contribution in [3.8, 4) is 0 Å². The van der Waals surface area contributed by atoms with Gasteiger partial charge in [0.2, 0.25) is 0 Å². The van der Waals surface area contributed by atoms with Crippen molar-refractivity contribution in [1.29, 1.82) is 0 Å². The SMILES string of the molecule is CC.COC1CCN(c2cncc(C)n2)C1. The second kappa shape index (κ2) is 6.43. The molecule has 0 spiro atoms. The van der Waals surface area contributed by atoms with E-state index in [1.54, 1.807) is 13.3 Å². The number of hydrogen-bond acceptors (Lipinski definition) is 4. The Labute approximate surface area is 97.7 Å². The topological polar surface area (TPSA) is 38.2 Å². The molecule has 16 heavy (non-hydrogen) atoms. The van der Waals surface area contributed by atoms with Crippen molar-refractivity contribution in [2.24, 2.45) is 0 Å². The first-order valence-corrected chi connectivity index (χ1v) is 5.86. The van der Waals surface area contributed by atoms with E-state index in [0.717, 1.165) is 31.0 Å². The molecule has 1 aliphatic heterocycles. The molecule has 1 aliphatic rings. The van der Waals surface area contributed by atoms with Gasteiger partial charge in [-0.2, -0.15) is 0 Å². The van der Waals surface area contributed by atoms with Crippen molar-refractivity contribution < 1.29 is 4.74 Å². The van der Waals surface area contributed by atoms with Gasteiger partial charge >= 0.3 is 0 Å². The predicted octanol–water partition coefficient (Wildman–Crippen LogP) is 2.04. The van der Waals surface area contributed by atoms with Gasteiger partial charge in [0.1, 0.15) is 5.82 Å². The molecule has 0 amide bonds. The first-order chi connectivity index (χ1) is 7.79. The fraction of sp³-hybridized carbons (Fsp3) is 0.667. The van der Waals surface area contributed by atoms with Crippen molar-refractivity contribution in [2.75, 3.05) is 25.1 Å². The molecule has 1 unspecified atom stereocenters. The lowest BCUT2D eigenvalue weighted by Crippen LogP contribution is -2.23. The summed E-state index contributed by atoms with van der Waals surface area (Å²) >= 11 is 0. The highest BCUT2D eigenvalue weighted by Crippen LogP contribution is 2.18. The Bertz CT molecular complexity index is 317. The number of rotatable bonds is 2. The van der Waals surface area contributed by atoms with Crippen LogP contribution < -0.4 is 4.90 Å². The molecule has 4 heteroatoms. The van der Waals surface area contributed by atoms with Crippen molar-refractivity contribution in [1.82, 2.24) is 9.97 Å². The van der Waals surface area contributed by atoms with Crippen molar-refractivity contribution in [3.63, 3.8) is 0 Å². The molecule has 0 bridgehead atoms. The van der Waals surface area contributed by atoms with E-state index >= 15 is 0 Å². The number of hydrogen-bond donors (Lipinski definition) is 0. The number of methoxy groups -OCH3 is 1. The lowest BCUT2D eigenvalue weighted by atomic mass is 10.3. The fourth-order valence-electron chi connectivity index (χ4n) is 1.73. The van der Waals surface area contributed by atoms with Crippen LogP contribution in [0.3, 0.4) is 0 Å². The quantitative estimate of drug-likeness (QED) is 0.769. The van der Waals surface area contributed by atoms with E-state index in [2.05, 4.69) is 14.9 Å². The smallest absolute Gasteiger partial charge is 0.147 e. The van der Waals surface area contributed by atoms with Crippen LogP contribution in [0.25, 0.3) is 0 Å². The van der Waals surface area contributed by atoms with Gasteiger partial charge in [0.15, 0.2) is 0 Å². The summed E-state index contributed by atoms with van der Waals surface area (Å²) in [6.07, 6.45) is 5.00. The van der Waals surface area contributed by atoms with Gasteiger partial charge in [-0.25, -0.2) is 4.98 Å². The van der Waals surface area contributed by atoms with Crippen molar-refractivity contribution >= 4 is 5.82 Å². The van der Waals surface area contributed by atoms with Gasteiger partial charge < -0.3 is 9.64 Å². The Morgan fingerprint density at radius 3 is 2.69 bits per heavy atom. The van der Waals surface area contributed by atoms with Crippen molar-refractivity contribution in [2.45, 2.75) is 33.3 Å². The summed E-state index contributed by atoms with van der Waals surface area (Å²) in [5.41, 5.74) is 0.961. The summed E-state index contributed by atoms with van der Waals surface area (Å²) in [5, 5.41) is 0. The maximum Gasteiger partial charge on any atom is 0.147 e. The van der Waals surface area contributed by atoms with E-state index < -0.39 is 0 Å². The van der Waals surface area contributed by atoms with Gasteiger partial charge in [0.25, 0.3) is 0 Å². The van der Waals surface area contributed by atoms with Crippen LogP contribution in [-0.2, 0) is 4.74 Å². The number of nitrogens with zero attached hydrogens (tertiary/aromatic N) is 3. The van der Waals surface area contributed by atoms with Crippen LogP contribution in [-0.4, -0.2) is 36.3 Å². The van der Waals surface area contributed by atoms with Crippen LogP contribution in [0.15, 0.2) is 12.4 Å². The van der Waals surface area contributed by atoms with Crippen molar-refractivity contribution in [3.05, 3.63) is 18.1 Å². The summed E-state index contributed by atoms with van der Waals surface area (Å²) in [7, 11) is 1.76. The third-order valence-corrected chi connectivity index (χ3v) is 2.54. The number of aromatic nitrogens is 2. The summed E-state index contributed by atoms with van der Waals surface area (Å²) < 4.78 is 5.30. The fourth-order valence-corrected chi connectivity index (χ4v) is 1.73. The number of ether oxygens (including phenoxy) is 1. The van der Waals surface area contributed by atoms with E-state index in [0.29, 0.717) is 6.10 Å². The van der Waals surface area contributed by atoms with Gasteiger partial charge in [-0.3, -0.25) is 4.98 Å². The zero-order chi connectivity index (χ0) is 12.0. The summed E-state index contributed by atoms with van der Waals surface area (Å²) in [6.45, 7) is 7.89. The normalized spacial score (nSPS) is 19.2. The van der Waals surface area contributed by atoms with Gasteiger partial charge in [-0.05, 0) is 13.3 Å². The minimum Gasteiger partial charge on any atom is -0.380 e. The van der Waals surface area contributed by atoms with Crippen LogP contribution in [0, 0.1) is 6.92 Å². The second-order valence-electron chi connectivity index (χ2n) is 3.61. The summed E-state index contributed by atoms with van der Waals surface area (Å²) in [6, 6.07) is 0. The highest BCUT2D eigenvalue weighted by molar-refractivity contribution is 5.37. The molecule has 4 nitrogen and oxygen atoms in total. The Balaban J connectivity index is 0.000000606. The molecule has 2 rings (SSSR count). The van der Waals surface area contributed by atoms with Crippen LogP contribution >= 0.6 is 0 Å². The van der Waals surface area contributed by atoms with Crippen LogP contribution in [0.1, 0.15) is 26.0 Å². The van der Waals surface area contributed by atoms with E-state index in [4.69, 9.17) is 4.74 Å². The highest BCUT2D eigenvalue weighted by atomic mass is 16.5. The third-order valence-electron chi connectivity index (χ3n) is 2.54. The molecule has 1 aromatic rings. The van der Waals surface area contributed by atoms with Crippen LogP contribution in [0.2, 0.25) is 0 Å². The monoisotopic (exact) mass is 223 g/mol. The molecule has 1 saturated heterocycles. The molecule has 0 saturated carbocycles. The Morgan fingerprint density at radius 1 is 1.38 bits per heavy atom. The third kappa shape index (κ3) is 3.17. The molecule has 0 radical (unpaired) electrons. The van der Waals surface area contributed by atoms with E-state index in [-0.39, 0.29) is 0 Å². The molecular weight excluding hydrogens is 202 g/mol. The second-order valence-corrected chi connectivity index (χ2v) is 3.61. The molecule has 0 aliphatic carbocycles. The molecule has 1 fully saturated rings. The van der Waals surface area contributed by atoms with E-state index in [1.807, 2.05) is 27.0 Å². The summed E-state index contributed by atoms with van der Waals surface area (Å²) in [4.78, 5) is 10.8. The molecule has 1 aromatic heterocycles. The predicted molar refractivity (Wildman–Crippen MR) is 65.7 cm³/mol. The van der Waals surface area contributed by atoms with E-state index in [9.17, 15) is 0 Å². The van der Waals surface area contributed by atoms with Crippen LogP contribution in [0.5, 0.6) is 0 Å². The molecular formula is C12H21N3O. The Hall–Kier alpha value is -1.16. The van der Waals surface area contributed by atoms with Gasteiger partial charge in [0.05, 0.1) is 18.0 Å².